The number of nitrogens with zero attached hydrogens (tertiary/aromatic N) is 2. The van der Waals surface area contributed by atoms with Gasteiger partial charge in [-0.2, -0.15) is 5.10 Å². The van der Waals surface area contributed by atoms with E-state index in [9.17, 15) is 9.59 Å². The van der Waals surface area contributed by atoms with Crippen LogP contribution in [0.15, 0.2) is 24.3 Å². The minimum atomic E-state index is -0.541. The lowest BCUT2D eigenvalue weighted by Gasteiger charge is -2.29. The fourth-order valence-corrected chi connectivity index (χ4v) is 2.97. The van der Waals surface area contributed by atoms with E-state index in [1.54, 1.807) is 17.0 Å². The number of aromatic amines is 1. The lowest BCUT2D eigenvalue weighted by Crippen LogP contribution is -2.40. The van der Waals surface area contributed by atoms with Crippen molar-refractivity contribution >= 4 is 29.5 Å². The van der Waals surface area contributed by atoms with Crippen LogP contribution in [0.1, 0.15) is 37.6 Å². The number of benzene rings is 1. The lowest BCUT2D eigenvalue weighted by molar-refractivity contribution is 0.0221. The predicted octanol–water partition coefficient (Wildman–Crippen LogP) is 3.68. The number of rotatable bonds is 3. The highest BCUT2D eigenvalue weighted by atomic mass is 35.5. The summed E-state index contributed by atoms with van der Waals surface area (Å²) >= 11 is 5.85. The van der Waals surface area contributed by atoms with Crippen molar-refractivity contribution in [2.75, 3.05) is 11.9 Å². The fraction of sp³-hybridized carbons (Fsp3) is 0.421. The third-order valence-electron chi connectivity index (χ3n) is 4.18. The van der Waals surface area contributed by atoms with Crippen molar-refractivity contribution in [3.05, 3.63) is 46.1 Å². The normalized spacial score (nSPS) is 13.6. The maximum atomic E-state index is 12.2. The number of urea groups is 1. The molecule has 0 saturated heterocycles. The first-order valence-electron chi connectivity index (χ1n) is 9.04. The van der Waals surface area contributed by atoms with Gasteiger partial charge in [-0.15, -0.1) is 0 Å². The van der Waals surface area contributed by atoms with Crippen molar-refractivity contribution in [1.29, 1.82) is 0 Å². The highest BCUT2D eigenvalue weighted by molar-refractivity contribution is 6.30. The molecule has 0 unspecified atom stereocenters. The molecule has 8 nitrogen and oxygen atoms in total. The summed E-state index contributed by atoms with van der Waals surface area (Å²) in [4.78, 5) is 26.0. The van der Waals surface area contributed by atoms with Crippen molar-refractivity contribution in [2.24, 2.45) is 0 Å². The predicted molar refractivity (Wildman–Crippen MR) is 106 cm³/mol. The molecule has 1 aromatic carbocycles. The van der Waals surface area contributed by atoms with Crippen LogP contribution in [-0.4, -0.2) is 39.4 Å². The second kappa shape index (κ2) is 8.10. The molecule has 0 aliphatic carbocycles. The summed E-state index contributed by atoms with van der Waals surface area (Å²) in [5.74, 6) is 0.479. The summed E-state index contributed by atoms with van der Waals surface area (Å²) in [5.41, 5.74) is 2.10. The van der Waals surface area contributed by atoms with Crippen LogP contribution in [0.25, 0.3) is 0 Å². The zero-order valence-electron chi connectivity index (χ0n) is 16.1. The van der Waals surface area contributed by atoms with Crippen LogP contribution in [0.3, 0.4) is 0 Å². The van der Waals surface area contributed by atoms with Gasteiger partial charge < -0.3 is 15.0 Å². The van der Waals surface area contributed by atoms with Gasteiger partial charge >= 0.3 is 12.1 Å². The summed E-state index contributed by atoms with van der Waals surface area (Å²) in [6.07, 6.45) is 0.223. The third kappa shape index (κ3) is 5.16. The van der Waals surface area contributed by atoms with E-state index in [0.717, 1.165) is 16.8 Å². The van der Waals surface area contributed by atoms with Crippen molar-refractivity contribution < 1.29 is 14.3 Å². The number of aromatic nitrogens is 2. The summed E-state index contributed by atoms with van der Waals surface area (Å²) in [6.45, 7) is 6.75. The van der Waals surface area contributed by atoms with Gasteiger partial charge in [0.15, 0.2) is 5.82 Å². The van der Waals surface area contributed by atoms with Gasteiger partial charge in [-0.1, -0.05) is 23.7 Å². The SMILES string of the molecule is CC(C)(C)OC(=O)N1CCc2c(NC(=O)NCc3ccc(Cl)cc3)n[nH]c2C1. The molecule has 0 bridgehead atoms. The van der Waals surface area contributed by atoms with Crippen molar-refractivity contribution in [3.8, 4) is 0 Å². The van der Waals surface area contributed by atoms with E-state index in [4.69, 9.17) is 16.3 Å². The second-order valence-electron chi connectivity index (χ2n) is 7.62. The number of hydrogen-bond acceptors (Lipinski definition) is 4. The molecule has 9 heteroatoms. The molecule has 3 N–H and O–H groups in total. The monoisotopic (exact) mass is 405 g/mol. The molecule has 0 fully saturated rings. The Morgan fingerprint density at radius 3 is 2.68 bits per heavy atom. The highest BCUT2D eigenvalue weighted by Gasteiger charge is 2.28. The van der Waals surface area contributed by atoms with Gasteiger partial charge in [0, 0.05) is 23.7 Å². The summed E-state index contributed by atoms with van der Waals surface area (Å²) < 4.78 is 5.41. The van der Waals surface area contributed by atoms with Gasteiger partial charge in [-0.3, -0.25) is 10.4 Å². The molecule has 0 radical (unpaired) electrons. The first-order valence-corrected chi connectivity index (χ1v) is 9.42. The molecule has 0 spiro atoms. The van der Waals surface area contributed by atoms with Gasteiger partial charge in [0.25, 0.3) is 0 Å². The first-order chi connectivity index (χ1) is 13.2. The van der Waals surface area contributed by atoms with Crippen LogP contribution in [0.2, 0.25) is 5.02 Å². The second-order valence-corrected chi connectivity index (χ2v) is 8.05. The molecule has 1 aliphatic heterocycles. The number of ether oxygens (including phenoxy) is 1. The number of nitrogens with one attached hydrogen (secondary N) is 3. The Bertz CT molecular complexity index is 857. The smallest absolute Gasteiger partial charge is 0.410 e. The average molecular weight is 406 g/mol. The maximum Gasteiger partial charge on any atom is 0.410 e. The van der Waals surface area contributed by atoms with Gasteiger partial charge in [0.1, 0.15) is 5.60 Å². The maximum absolute atomic E-state index is 12.2. The van der Waals surface area contributed by atoms with Crippen LogP contribution in [0.4, 0.5) is 15.4 Å². The number of carbonyl (C=O) groups excluding carboxylic acids is 2. The molecule has 28 heavy (non-hydrogen) atoms. The van der Waals surface area contributed by atoms with E-state index in [1.165, 1.54) is 0 Å². The molecular weight excluding hydrogens is 382 g/mol. The molecule has 1 aliphatic rings. The minimum Gasteiger partial charge on any atom is -0.444 e. The van der Waals surface area contributed by atoms with Crippen LogP contribution in [0.5, 0.6) is 0 Å². The Kier molecular flexibility index (Phi) is 5.79. The number of anilines is 1. The topological polar surface area (TPSA) is 99.3 Å². The van der Waals surface area contributed by atoms with Crippen molar-refractivity contribution in [2.45, 2.75) is 45.9 Å². The van der Waals surface area contributed by atoms with Gasteiger partial charge in [0.2, 0.25) is 0 Å². The zero-order valence-corrected chi connectivity index (χ0v) is 16.9. The Morgan fingerprint density at radius 2 is 2.00 bits per heavy atom. The molecule has 3 amide bonds. The van der Waals surface area contributed by atoms with E-state index < -0.39 is 5.60 Å². The largest absolute Gasteiger partial charge is 0.444 e. The quantitative estimate of drug-likeness (QED) is 0.725. The molecule has 1 aromatic heterocycles. The third-order valence-corrected chi connectivity index (χ3v) is 4.44. The van der Waals surface area contributed by atoms with Gasteiger partial charge in [0.05, 0.1) is 12.2 Å². The standard InChI is InChI=1S/C19H24ClN5O3/c1-19(2,3)28-18(27)25-9-8-14-15(11-25)23-24-16(14)22-17(26)21-10-12-4-6-13(20)7-5-12/h4-7H,8-11H2,1-3H3,(H3,21,22,23,24,26). The summed E-state index contributed by atoms with van der Waals surface area (Å²) in [7, 11) is 0. The van der Waals surface area contributed by atoms with E-state index in [-0.39, 0.29) is 12.1 Å². The number of hydrogen-bond donors (Lipinski definition) is 3. The van der Waals surface area contributed by atoms with E-state index in [1.807, 2.05) is 32.9 Å². The molecule has 150 valence electrons. The minimum absolute atomic E-state index is 0.348. The number of halogens is 1. The Morgan fingerprint density at radius 1 is 1.29 bits per heavy atom. The molecule has 0 saturated carbocycles. The Labute approximate surface area is 168 Å². The highest BCUT2D eigenvalue weighted by Crippen LogP contribution is 2.24. The number of fused-ring (bicyclic) bond motifs is 1. The van der Waals surface area contributed by atoms with E-state index in [2.05, 4.69) is 20.8 Å². The molecule has 2 aromatic rings. The number of H-pyrrole nitrogens is 1. The Hall–Kier alpha value is -2.74. The van der Waals surface area contributed by atoms with Crippen LogP contribution in [0, 0.1) is 0 Å². The molecule has 2 heterocycles. The van der Waals surface area contributed by atoms with Gasteiger partial charge in [-0.25, -0.2) is 9.59 Å². The first kappa shape index (κ1) is 20.0. The lowest BCUT2D eigenvalue weighted by atomic mass is 10.1. The van der Waals surface area contributed by atoms with Crippen molar-refractivity contribution in [1.82, 2.24) is 20.4 Å². The zero-order chi connectivity index (χ0) is 20.3. The Balaban J connectivity index is 1.55. The average Bonchev–Trinajstić information content (AvgIpc) is 3.02. The van der Waals surface area contributed by atoms with Crippen LogP contribution >= 0.6 is 11.6 Å². The van der Waals surface area contributed by atoms with Crippen LogP contribution in [-0.2, 0) is 24.2 Å². The summed E-state index contributed by atoms with van der Waals surface area (Å²) in [6, 6.07) is 6.90. The summed E-state index contributed by atoms with van der Waals surface area (Å²) in [5, 5.41) is 13.3. The molecular formula is C19H24ClN5O3. The molecule has 3 rings (SSSR count). The van der Waals surface area contributed by atoms with E-state index >= 15 is 0 Å². The number of carbonyl (C=O) groups is 2. The van der Waals surface area contributed by atoms with Crippen LogP contribution < -0.4 is 10.6 Å². The van der Waals surface area contributed by atoms with E-state index in [0.29, 0.717) is 36.9 Å². The van der Waals surface area contributed by atoms with Gasteiger partial charge in [-0.05, 0) is 44.9 Å². The number of amides is 3. The van der Waals surface area contributed by atoms with Crippen molar-refractivity contribution in [3.63, 3.8) is 0 Å². The fourth-order valence-electron chi connectivity index (χ4n) is 2.84. The molecule has 0 atom stereocenters.